The van der Waals surface area contributed by atoms with E-state index in [0.29, 0.717) is 17.9 Å². The molecule has 1 heterocycles. The van der Waals surface area contributed by atoms with E-state index in [1.165, 1.54) is 0 Å². The molecule has 5 nitrogen and oxygen atoms in total. The number of ether oxygens (including phenoxy) is 2. The van der Waals surface area contributed by atoms with Crippen molar-refractivity contribution in [2.45, 2.75) is 13.8 Å². The average Bonchev–Trinajstić information content (AvgIpc) is 2.84. The third-order valence-corrected chi connectivity index (χ3v) is 2.68. The van der Waals surface area contributed by atoms with Crippen molar-refractivity contribution in [2.75, 3.05) is 13.7 Å². The van der Waals surface area contributed by atoms with Crippen LogP contribution in [0.5, 0.6) is 5.75 Å². The molecule has 0 saturated carbocycles. The van der Waals surface area contributed by atoms with Gasteiger partial charge in [-0.2, -0.15) is 0 Å². The maximum atomic E-state index is 11.7. The second-order valence-corrected chi connectivity index (χ2v) is 4.03. The van der Waals surface area contributed by atoms with Crippen LogP contribution in [-0.2, 0) is 4.74 Å². The van der Waals surface area contributed by atoms with Crippen LogP contribution in [0.15, 0.2) is 30.7 Å². The number of imidazole rings is 1. The second-order valence-electron chi connectivity index (χ2n) is 4.03. The molecule has 0 fully saturated rings. The first-order chi connectivity index (χ1) is 9.15. The summed E-state index contributed by atoms with van der Waals surface area (Å²) < 4.78 is 12.1. The van der Waals surface area contributed by atoms with Gasteiger partial charge in [-0.05, 0) is 32.0 Å². The van der Waals surface area contributed by atoms with Crippen molar-refractivity contribution >= 4 is 5.97 Å². The molecule has 0 radical (unpaired) electrons. The minimum atomic E-state index is -0.353. The van der Waals surface area contributed by atoms with E-state index in [9.17, 15) is 4.79 Å². The normalized spacial score (nSPS) is 10.3. The van der Waals surface area contributed by atoms with E-state index in [0.717, 1.165) is 11.4 Å². The Morgan fingerprint density at radius 2 is 2.21 bits per heavy atom. The molecule has 0 N–H and O–H groups in total. The zero-order valence-electron chi connectivity index (χ0n) is 11.2. The molecule has 19 heavy (non-hydrogen) atoms. The van der Waals surface area contributed by atoms with Crippen LogP contribution in [0.2, 0.25) is 0 Å². The average molecular weight is 260 g/mol. The molecule has 0 bridgehead atoms. The number of aromatic nitrogens is 2. The predicted octanol–water partition coefficient (Wildman–Crippen LogP) is 2.37. The summed E-state index contributed by atoms with van der Waals surface area (Å²) in [6.45, 7) is 4.04. The highest BCUT2D eigenvalue weighted by Crippen LogP contribution is 2.24. The topological polar surface area (TPSA) is 53.4 Å². The molecule has 1 aromatic carbocycles. The SMILES string of the molecule is CCOC(=O)c1ccc(-n2cnc(C)c2)c(OC)c1. The fraction of sp³-hybridized carbons (Fsp3) is 0.286. The molecule has 0 amide bonds. The van der Waals surface area contributed by atoms with Crippen molar-refractivity contribution in [3.8, 4) is 11.4 Å². The monoisotopic (exact) mass is 260 g/mol. The van der Waals surface area contributed by atoms with Gasteiger partial charge in [0.1, 0.15) is 5.75 Å². The number of aryl methyl sites for hydroxylation is 1. The number of rotatable bonds is 4. The summed E-state index contributed by atoms with van der Waals surface area (Å²) in [5.74, 6) is 0.247. The number of benzene rings is 1. The molecule has 0 unspecified atom stereocenters. The Labute approximate surface area is 111 Å². The first-order valence-electron chi connectivity index (χ1n) is 6.01. The number of hydrogen-bond acceptors (Lipinski definition) is 4. The van der Waals surface area contributed by atoms with Crippen LogP contribution in [0.3, 0.4) is 0 Å². The molecule has 0 saturated heterocycles. The van der Waals surface area contributed by atoms with Crippen molar-refractivity contribution in [2.24, 2.45) is 0 Å². The minimum absolute atomic E-state index is 0.351. The third-order valence-electron chi connectivity index (χ3n) is 2.68. The highest BCUT2D eigenvalue weighted by atomic mass is 16.5. The predicted molar refractivity (Wildman–Crippen MR) is 70.8 cm³/mol. The quantitative estimate of drug-likeness (QED) is 0.792. The molecule has 0 spiro atoms. The molecule has 1 aromatic heterocycles. The highest BCUT2D eigenvalue weighted by molar-refractivity contribution is 5.90. The van der Waals surface area contributed by atoms with Crippen molar-refractivity contribution in [1.82, 2.24) is 9.55 Å². The Morgan fingerprint density at radius 1 is 1.42 bits per heavy atom. The summed E-state index contributed by atoms with van der Waals surface area (Å²) in [7, 11) is 1.57. The van der Waals surface area contributed by atoms with Crippen LogP contribution >= 0.6 is 0 Å². The first kappa shape index (κ1) is 13.1. The molecule has 0 aliphatic heterocycles. The van der Waals surface area contributed by atoms with Crippen LogP contribution in [0.4, 0.5) is 0 Å². The molecule has 0 atom stereocenters. The van der Waals surface area contributed by atoms with Gasteiger partial charge in [0.15, 0.2) is 0 Å². The Hall–Kier alpha value is -2.30. The lowest BCUT2D eigenvalue weighted by molar-refractivity contribution is 0.0526. The van der Waals surface area contributed by atoms with Crippen LogP contribution in [0.1, 0.15) is 23.0 Å². The molecule has 2 rings (SSSR count). The number of esters is 1. The van der Waals surface area contributed by atoms with Crippen LogP contribution < -0.4 is 4.74 Å². The van der Waals surface area contributed by atoms with E-state index in [2.05, 4.69) is 4.98 Å². The molecule has 100 valence electrons. The molecule has 0 aliphatic carbocycles. The fourth-order valence-corrected chi connectivity index (χ4v) is 1.79. The van der Waals surface area contributed by atoms with Gasteiger partial charge in [0.25, 0.3) is 0 Å². The zero-order chi connectivity index (χ0) is 13.8. The van der Waals surface area contributed by atoms with Gasteiger partial charge in [0.05, 0.1) is 37.0 Å². The van der Waals surface area contributed by atoms with Crippen molar-refractivity contribution < 1.29 is 14.3 Å². The van der Waals surface area contributed by atoms with E-state index in [4.69, 9.17) is 9.47 Å². The van der Waals surface area contributed by atoms with Crippen molar-refractivity contribution in [3.05, 3.63) is 42.0 Å². The van der Waals surface area contributed by atoms with Gasteiger partial charge in [-0.1, -0.05) is 0 Å². The van der Waals surface area contributed by atoms with E-state index in [1.807, 2.05) is 23.8 Å². The molecule has 0 aliphatic rings. The number of methoxy groups -OCH3 is 1. The number of nitrogens with zero attached hydrogens (tertiary/aromatic N) is 2. The smallest absolute Gasteiger partial charge is 0.338 e. The number of carbonyl (C=O) groups is 1. The van der Waals surface area contributed by atoms with Gasteiger partial charge in [0, 0.05) is 6.20 Å². The summed E-state index contributed by atoms with van der Waals surface area (Å²) in [5.41, 5.74) is 2.21. The Balaban J connectivity index is 2.39. The first-order valence-corrected chi connectivity index (χ1v) is 6.01. The fourth-order valence-electron chi connectivity index (χ4n) is 1.79. The van der Waals surface area contributed by atoms with Gasteiger partial charge >= 0.3 is 5.97 Å². The molecule has 2 aromatic rings. The largest absolute Gasteiger partial charge is 0.495 e. The van der Waals surface area contributed by atoms with Gasteiger partial charge in [0.2, 0.25) is 0 Å². The van der Waals surface area contributed by atoms with Crippen molar-refractivity contribution in [3.63, 3.8) is 0 Å². The Kier molecular flexibility index (Phi) is 3.85. The maximum absolute atomic E-state index is 11.7. The van der Waals surface area contributed by atoms with Gasteiger partial charge in [-0.3, -0.25) is 0 Å². The van der Waals surface area contributed by atoms with E-state index in [1.54, 1.807) is 32.5 Å². The van der Waals surface area contributed by atoms with Gasteiger partial charge in [-0.25, -0.2) is 9.78 Å². The molecule has 5 heteroatoms. The standard InChI is InChI=1S/C14H16N2O3/c1-4-19-14(17)11-5-6-12(13(7-11)18-3)16-8-10(2)15-9-16/h5-9H,4H2,1-3H3. The van der Waals surface area contributed by atoms with E-state index < -0.39 is 0 Å². The van der Waals surface area contributed by atoms with Crippen LogP contribution in [-0.4, -0.2) is 29.2 Å². The summed E-state index contributed by atoms with van der Waals surface area (Å²) in [5, 5.41) is 0. The second kappa shape index (κ2) is 5.56. The van der Waals surface area contributed by atoms with Crippen LogP contribution in [0.25, 0.3) is 5.69 Å². The molecular weight excluding hydrogens is 244 g/mol. The van der Waals surface area contributed by atoms with E-state index in [-0.39, 0.29) is 5.97 Å². The third kappa shape index (κ3) is 2.76. The summed E-state index contributed by atoms with van der Waals surface area (Å²) in [4.78, 5) is 15.8. The summed E-state index contributed by atoms with van der Waals surface area (Å²) in [6.07, 6.45) is 3.60. The zero-order valence-corrected chi connectivity index (χ0v) is 11.2. The lowest BCUT2D eigenvalue weighted by Gasteiger charge is -2.10. The van der Waals surface area contributed by atoms with Gasteiger partial charge < -0.3 is 14.0 Å². The van der Waals surface area contributed by atoms with Gasteiger partial charge in [-0.15, -0.1) is 0 Å². The minimum Gasteiger partial charge on any atom is -0.495 e. The van der Waals surface area contributed by atoms with Crippen molar-refractivity contribution in [1.29, 1.82) is 0 Å². The highest BCUT2D eigenvalue weighted by Gasteiger charge is 2.12. The van der Waals surface area contributed by atoms with E-state index >= 15 is 0 Å². The Morgan fingerprint density at radius 3 is 2.79 bits per heavy atom. The number of carbonyl (C=O) groups excluding carboxylic acids is 1. The number of hydrogen-bond donors (Lipinski definition) is 0. The van der Waals surface area contributed by atoms with Crippen LogP contribution in [0, 0.1) is 6.92 Å². The lowest BCUT2D eigenvalue weighted by atomic mass is 10.2. The molecular formula is C14H16N2O3. The summed E-state index contributed by atoms with van der Waals surface area (Å²) in [6, 6.07) is 5.19. The maximum Gasteiger partial charge on any atom is 0.338 e. The lowest BCUT2D eigenvalue weighted by Crippen LogP contribution is -2.06. The summed E-state index contributed by atoms with van der Waals surface area (Å²) >= 11 is 0. The Bertz CT molecular complexity index is 590.